The van der Waals surface area contributed by atoms with Gasteiger partial charge in [0.25, 0.3) is 5.56 Å². The number of rotatable bonds is 9. The normalized spacial score (nSPS) is 37.5. The van der Waals surface area contributed by atoms with Crippen LogP contribution in [0.15, 0.2) is 21.9 Å². The van der Waals surface area contributed by atoms with Crippen LogP contribution in [0.5, 0.6) is 0 Å². The predicted octanol–water partition coefficient (Wildman–Crippen LogP) is -4.59. The van der Waals surface area contributed by atoms with E-state index in [9.17, 15) is 58.8 Å². The number of aromatic nitrogens is 2. The smallest absolute Gasteiger partial charge is 0.342 e. The number of aliphatic hydroxyl groups is 5. The number of H-pyrrole nitrogens is 1. The lowest BCUT2D eigenvalue weighted by atomic mass is 9.99. The summed E-state index contributed by atoms with van der Waals surface area (Å²) >= 11 is 0. The van der Waals surface area contributed by atoms with E-state index in [0.29, 0.717) is 0 Å². The number of hydrogen-bond donors (Lipinski definition) is 9. The zero-order chi connectivity index (χ0) is 27.9. The number of nitrogens with zero attached hydrogens (tertiary/aromatic N) is 1. The molecule has 0 radical (unpaired) electrons. The minimum atomic E-state index is -5.22. The number of aromatic amines is 1. The van der Waals surface area contributed by atoms with Crippen molar-refractivity contribution in [2.75, 3.05) is 12.5 Å². The lowest BCUT2D eigenvalue weighted by molar-refractivity contribution is -0.272. The number of aliphatic hydroxyl groups excluding tert-OH is 5. The van der Waals surface area contributed by atoms with Gasteiger partial charge in [-0.1, -0.05) is 0 Å². The Balaban J connectivity index is 1.63. The van der Waals surface area contributed by atoms with Gasteiger partial charge in [-0.25, -0.2) is 9.59 Å². The van der Waals surface area contributed by atoms with Crippen LogP contribution in [-0.4, -0.2) is 117 Å². The van der Waals surface area contributed by atoms with E-state index in [1.807, 2.05) is 4.98 Å². The molecule has 11 atom stereocenters. The molecule has 2 aliphatic heterocycles. The van der Waals surface area contributed by atoms with Crippen molar-refractivity contribution in [3.63, 3.8) is 0 Å². The zero-order valence-corrected chi connectivity index (χ0v) is 20.1. The van der Waals surface area contributed by atoms with E-state index in [1.54, 1.807) is 0 Å². The Morgan fingerprint density at radius 3 is 2.22 bits per heavy atom. The molecule has 0 amide bonds. The van der Waals surface area contributed by atoms with Crippen LogP contribution in [0.3, 0.4) is 0 Å². The Bertz CT molecular complexity index is 1200. The first-order valence-electron chi connectivity index (χ1n) is 10.2. The molecule has 37 heavy (non-hydrogen) atoms. The highest BCUT2D eigenvalue weighted by atomic mass is 31.2. The number of carbonyl (C=O) groups is 1. The summed E-state index contributed by atoms with van der Waals surface area (Å²) in [6.07, 6.45) is -16.6. The fourth-order valence-electron chi connectivity index (χ4n) is 3.52. The van der Waals surface area contributed by atoms with Crippen molar-refractivity contribution in [2.24, 2.45) is 0 Å². The zero-order valence-electron chi connectivity index (χ0n) is 18.4. The van der Waals surface area contributed by atoms with Crippen molar-refractivity contribution >= 4 is 21.2 Å². The van der Waals surface area contributed by atoms with E-state index >= 15 is 0 Å². The predicted molar refractivity (Wildman–Crippen MR) is 113 cm³/mol. The molecule has 0 saturated carbocycles. The van der Waals surface area contributed by atoms with Crippen LogP contribution in [0.4, 0.5) is 0 Å². The molecule has 21 heteroatoms. The van der Waals surface area contributed by atoms with E-state index < -0.39 is 100 Å². The van der Waals surface area contributed by atoms with Gasteiger partial charge in [-0.2, -0.15) is 0 Å². The molecule has 9 N–H and O–H groups in total. The molecule has 0 aromatic carbocycles. The van der Waals surface area contributed by atoms with Gasteiger partial charge in [0.2, 0.25) is 0 Å². The minimum absolute atomic E-state index is 0.731. The summed E-state index contributed by atoms with van der Waals surface area (Å²) < 4.78 is 44.6. The molecule has 2 saturated heterocycles. The third-order valence-electron chi connectivity index (χ3n) is 5.34. The first-order valence-corrected chi connectivity index (χ1v) is 13.8. The van der Waals surface area contributed by atoms with Gasteiger partial charge in [-0.05, 0) is 0 Å². The average Bonchev–Trinajstić information content (AvgIpc) is 3.05. The second-order valence-electron chi connectivity index (χ2n) is 8.12. The summed E-state index contributed by atoms with van der Waals surface area (Å²) in [5, 5.41) is 58.5. The highest BCUT2D eigenvalue weighted by Gasteiger charge is 2.50. The lowest BCUT2D eigenvalue weighted by Crippen LogP contribution is -2.60. The summed E-state index contributed by atoms with van der Waals surface area (Å²) in [6, 6.07) is 0.930. The van der Waals surface area contributed by atoms with E-state index in [0.717, 1.165) is 16.8 Å². The molecule has 2 unspecified atom stereocenters. The Kier molecular flexibility index (Phi) is 8.93. The minimum Gasteiger partial charge on any atom is -0.479 e. The Morgan fingerprint density at radius 2 is 1.62 bits per heavy atom. The van der Waals surface area contributed by atoms with Crippen molar-refractivity contribution < 1.29 is 72.9 Å². The molecule has 2 fully saturated rings. The van der Waals surface area contributed by atoms with Gasteiger partial charge in [0.05, 0.1) is 6.61 Å². The molecule has 210 valence electrons. The molecule has 3 rings (SSSR count). The standard InChI is InChI=1S/C16H24N2O17P2/c19-6-1-2-18(16(27)17-6)13-10(23)7(20)5(33-13)3-32-36(28,29)4-37(30,31)35-15-11(24)8(21)9(22)12(34-15)14(25)26/h1-2,5,7-13,15,20-24H,3-4H2,(H,25,26)(H,28,29)(H,30,31)(H,17,19,27)/t5-,7-,8+,9+,10-,11-,12+,13-,15-/m1/s1. The van der Waals surface area contributed by atoms with Crippen LogP contribution < -0.4 is 11.2 Å². The molecule has 1 aromatic rings. The number of aliphatic carboxylic acids is 1. The molecule has 3 heterocycles. The highest BCUT2D eigenvalue weighted by Crippen LogP contribution is 2.59. The maximum absolute atomic E-state index is 12.4. The third kappa shape index (κ3) is 6.79. The molecule has 0 spiro atoms. The van der Waals surface area contributed by atoms with E-state index in [2.05, 4.69) is 13.8 Å². The van der Waals surface area contributed by atoms with Crippen molar-refractivity contribution in [3.05, 3.63) is 33.1 Å². The van der Waals surface area contributed by atoms with Gasteiger partial charge in [0.1, 0.15) is 36.6 Å². The summed E-state index contributed by atoms with van der Waals surface area (Å²) in [5.41, 5.74) is -1.74. The average molecular weight is 578 g/mol. The van der Waals surface area contributed by atoms with Gasteiger partial charge < -0.3 is 54.4 Å². The second-order valence-corrected chi connectivity index (χ2v) is 12.3. The van der Waals surface area contributed by atoms with Crippen molar-refractivity contribution in [1.82, 2.24) is 9.55 Å². The Morgan fingerprint density at radius 1 is 0.973 bits per heavy atom. The summed E-state index contributed by atoms with van der Waals surface area (Å²) in [4.78, 5) is 56.1. The lowest BCUT2D eigenvalue weighted by Gasteiger charge is -2.38. The SMILES string of the molecule is O=C(O)[C@H]1O[C@H](OP(=O)(O)CP(=O)(O)OC[C@H]2O[C@@H](n3ccc(=O)[nH]c3=O)[C@H](O)[C@@H]2O)[C@H](O)[C@@H](O)[C@@H]1O. The molecule has 0 bridgehead atoms. The largest absolute Gasteiger partial charge is 0.479 e. The van der Waals surface area contributed by atoms with Crippen LogP contribution in [0.1, 0.15) is 6.23 Å². The highest BCUT2D eigenvalue weighted by molar-refractivity contribution is 7.70. The van der Waals surface area contributed by atoms with Crippen LogP contribution in [0.25, 0.3) is 0 Å². The van der Waals surface area contributed by atoms with Gasteiger partial charge in [0.15, 0.2) is 24.5 Å². The number of nitrogens with one attached hydrogen (secondary N) is 1. The quantitative estimate of drug-likeness (QED) is 0.124. The van der Waals surface area contributed by atoms with Crippen LogP contribution in [0, 0.1) is 0 Å². The molecule has 19 nitrogen and oxygen atoms in total. The first kappa shape index (κ1) is 29.7. The summed E-state index contributed by atoms with van der Waals surface area (Å²) in [6.45, 7) is -0.949. The fraction of sp³-hybridized carbons (Fsp3) is 0.688. The molecular weight excluding hydrogens is 554 g/mol. The first-order chi connectivity index (χ1) is 17.0. The maximum Gasteiger partial charge on any atom is 0.342 e. The van der Waals surface area contributed by atoms with Crippen LogP contribution in [-0.2, 0) is 32.4 Å². The number of ether oxygens (including phenoxy) is 2. The van der Waals surface area contributed by atoms with Crippen molar-refractivity contribution in [1.29, 1.82) is 0 Å². The molecule has 2 aliphatic rings. The van der Waals surface area contributed by atoms with Gasteiger partial charge in [0, 0.05) is 12.3 Å². The van der Waals surface area contributed by atoms with Gasteiger partial charge in [-0.15, -0.1) is 0 Å². The fourth-order valence-corrected chi connectivity index (χ4v) is 6.79. The number of carboxylic acid groups (broad SMARTS) is 1. The maximum atomic E-state index is 12.4. The summed E-state index contributed by atoms with van der Waals surface area (Å²) in [7, 11) is -10.3. The van der Waals surface area contributed by atoms with Crippen LogP contribution >= 0.6 is 15.2 Å². The molecular formula is C16H24N2O17P2. The van der Waals surface area contributed by atoms with Crippen molar-refractivity contribution in [3.8, 4) is 0 Å². The van der Waals surface area contributed by atoms with E-state index in [1.165, 1.54) is 0 Å². The Hall–Kier alpha value is -1.83. The second kappa shape index (κ2) is 11.1. The van der Waals surface area contributed by atoms with Gasteiger partial charge >= 0.3 is 26.9 Å². The molecule has 1 aromatic heterocycles. The Labute approximate surface area is 205 Å². The third-order valence-corrected chi connectivity index (χ3v) is 9.29. The van der Waals surface area contributed by atoms with Crippen LogP contribution in [0.2, 0.25) is 0 Å². The number of hydrogen-bond acceptors (Lipinski definition) is 14. The van der Waals surface area contributed by atoms with Gasteiger partial charge in [-0.3, -0.25) is 28.0 Å². The number of carboxylic acids is 1. The van der Waals surface area contributed by atoms with E-state index in [4.69, 9.17) is 9.84 Å². The topological polar surface area (TPSA) is 305 Å². The van der Waals surface area contributed by atoms with Crippen molar-refractivity contribution in [2.45, 2.75) is 55.2 Å². The monoisotopic (exact) mass is 578 g/mol. The molecule has 0 aliphatic carbocycles. The van der Waals surface area contributed by atoms with E-state index in [-0.39, 0.29) is 0 Å². The summed E-state index contributed by atoms with van der Waals surface area (Å²) in [5.74, 6) is -3.45.